The molecule has 1 aliphatic heterocycles. The molecule has 8 heteroatoms. The molecule has 146 valence electrons. The van der Waals surface area contributed by atoms with E-state index >= 15 is 0 Å². The molecule has 3 aromatic rings. The van der Waals surface area contributed by atoms with Gasteiger partial charge in [0.15, 0.2) is 0 Å². The van der Waals surface area contributed by atoms with E-state index in [4.69, 9.17) is 4.98 Å². The van der Waals surface area contributed by atoms with E-state index in [0.717, 1.165) is 27.9 Å². The van der Waals surface area contributed by atoms with Gasteiger partial charge in [-0.15, -0.1) is 21.5 Å². The molecule has 28 heavy (non-hydrogen) atoms. The minimum absolute atomic E-state index is 0.358. The maximum absolute atomic E-state index is 11.8. The van der Waals surface area contributed by atoms with Crippen molar-refractivity contribution in [1.82, 2.24) is 24.6 Å². The van der Waals surface area contributed by atoms with Gasteiger partial charge in [-0.05, 0) is 18.4 Å². The molecule has 0 amide bonds. The lowest BCUT2D eigenvalue weighted by molar-refractivity contribution is -0.145. The van der Waals surface area contributed by atoms with Crippen molar-refractivity contribution in [2.45, 2.75) is 52.4 Å². The Morgan fingerprint density at radius 3 is 2.71 bits per heavy atom. The fourth-order valence-electron chi connectivity index (χ4n) is 3.49. The summed E-state index contributed by atoms with van der Waals surface area (Å²) in [6.45, 7) is 7.49. The number of aromatic nitrogens is 4. The summed E-state index contributed by atoms with van der Waals surface area (Å²) >= 11 is 1.59. The molecule has 1 atom stereocenters. The first-order chi connectivity index (χ1) is 13.4. The van der Waals surface area contributed by atoms with Crippen LogP contribution in [0.15, 0.2) is 29.6 Å². The minimum atomic E-state index is -0.835. The molecular formula is C20H23N5O2S. The van der Waals surface area contributed by atoms with Crippen LogP contribution in [0, 0.1) is 6.92 Å². The standard InChI is InChI=1S/C20H23N5O2S/c1-12(2)14-4-6-15(7-5-14)19-21-16(11-28-19)8-24-10-18-23-22-13(3)25(18)9-17(24)20(26)27/h4-7,11-12,17H,8-10H2,1-3H3,(H,26,27). The first kappa shape index (κ1) is 18.8. The fraction of sp³-hybridized carbons (Fsp3) is 0.400. The van der Waals surface area contributed by atoms with E-state index in [0.29, 0.717) is 25.6 Å². The number of carboxylic acids is 1. The molecule has 4 rings (SSSR count). The number of benzene rings is 1. The molecule has 0 saturated heterocycles. The number of fused-ring (bicyclic) bond motifs is 1. The van der Waals surface area contributed by atoms with Crippen molar-refractivity contribution < 1.29 is 9.90 Å². The van der Waals surface area contributed by atoms with E-state index < -0.39 is 12.0 Å². The van der Waals surface area contributed by atoms with Crippen molar-refractivity contribution in [3.63, 3.8) is 0 Å². The lowest BCUT2D eigenvalue weighted by Gasteiger charge is -2.32. The van der Waals surface area contributed by atoms with Gasteiger partial charge in [0.2, 0.25) is 0 Å². The van der Waals surface area contributed by atoms with Gasteiger partial charge in [0, 0.05) is 17.5 Å². The second-order valence-corrected chi connectivity index (χ2v) is 8.31. The normalized spacial score (nSPS) is 17.1. The van der Waals surface area contributed by atoms with Gasteiger partial charge in [-0.1, -0.05) is 38.1 Å². The topological polar surface area (TPSA) is 84.1 Å². The van der Waals surface area contributed by atoms with Gasteiger partial charge >= 0.3 is 5.97 Å². The van der Waals surface area contributed by atoms with Gasteiger partial charge in [0.1, 0.15) is 22.7 Å². The molecule has 3 heterocycles. The predicted molar refractivity (Wildman–Crippen MR) is 107 cm³/mol. The van der Waals surface area contributed by atoms with Crippen LogP contribution in [0.2, 0.25) is 0 Å². The molecule has 0 bridgehead atoms. The third-order valence-corrected chi connectivity index (χ3v) is 6.12. The highest BCUT2D eigenvalue weighted by atomic mass is 32.1. The maximum atomic E-state index is 11.8. The van der Waals surface area contributed by atoms with E-state index in [1.165, 1.54) is 5.56 Å². The average molecular weight is 398 g/mol. The van der Waals surface area contributed by atoms with E-state index in [2.05, 4.69) is 48.3 Å². The lowest BCUT2D eigenvalue weighted by atomic mass is 10.0. The van der Waals surface area contributed by atoms with Crippen molar-refractivity contribution in [3.8, 4) is 10.6 Å². The van der Waals surface area contributed by atoms with Crippen LogP contribution in [0.5, 0.6) is 0 Å². The van der Waals surface area contributed by atoms with Crippen LogP contribution in [-0.2, 0) is 24.4 Å². The lowest BCUT2D eigenvalue weighted by Crippen LogP contribution is -2.47. The van der Waals surface area contributed by atoms with Crippen molar-refractivity contribution in [3.05, 3.63) is 52.6 Å². The van der Waals surface area contributed by atoms with E-state index in [1.807, 2.05) is 21.8 Å². The Kier molecular flexibility index (Phi) is 4.99. The summed E-state index contributed by atoms with van der Waals surface area (Å²) in [4.78, 5) is 18.5. The second-order valence-electron chi connectivity index (χ2n) is 7.45. The van der Waals surface area contributed by atoms with Crippen molar-refractivity contribution in [2.24, 2.45) is 0 Å². The van der Waals surface area contributed by atoms with Crippen LogP contribution in [0.3, 0.4) is 0 Å². The van der Waals surface area contributed by atoms with Crippen LogP contribution >= 0.6 is 11.3 Å². The SMILES string of the molecule is Cc1nnc2n1CC(C(=O)O)N(Cc1csc(-c3ccc(C(C)C)cc3)n1)C2. The number of carboxylic acid groups (broad SMARTS) is 1. The Bertz CT molecular complexity index is 992. The molecule has 0 radical (unpaired) electrons. The van der Waals surface area contributed by atoms with Crippen molar-refractivity contribution in [2.75, 3.05) is 0 Å². The van der Waals surface area contributed by atoms with Crippen molar-refractivity contribution >= 4 is 17.3 Å². The monoisotopic (exact) mass is 397 g/mol. The summed E-state index contributed by atoms with van der Waals surface area (Å²) in [6, 6.07) is 7.87. The summed E-state index contributed by atoms with van der Waals surface area (Å²) in [5, 5.41) is 20.9. The zero-order valence-corrected chi connectivity index (χ0v) is 17.0. The summed E-state index contributed by atoms with van der Waals surface area (Å²) < 4.78 is 1.89. The van der Waals surface area contributed by atoms with Gasteiger partial charge in [-0.2, -0.15) is 0 Å². The number of thiazole rings is 1. The first-order valence-corrected chi connectivity index (χ1v) is 10.2. The minimum Gasteiger partial charge on any atom is -0.480 e. The number of hydrogen-bond donors (Lipinski definition) is 1. The van der Waals surface area contributed by atoms with Gasteiger partial charge < -0.3 is 9.67 Å². The van der Waals surface area contributed by atoms with Crippen LogP contribution in [0.25, 0.3) is 10.6 Å². The Balaban J connectivity index is 1.53. The highest BCUT2D eigenvalue weighted by Crippen LogP contribution is 2.27. The highest BCUT2D eigenvalue weighted by molar-refractivity contribution is 7.13. The molecule has 0 saturated carbocycles. The molecule has 0 fully saturated rings. The largest absolute Gasteiger partial charge is 0.480 e. The zero-order valence-electron chi connectivity index (χ0n) is 16.2. The van der Waals surface area contributed by atoms with Gasteiger partial charge in [-0.3, -0.25) is 9.69 Å². The fourth-order valence-corrected chi connectivity index (χ4v) is 4.31. The second kappa shape index (κ2) is 7.44. The van der Waals surface area contributed by atoms with E-state index in [1.54, 1.807) is 11.3 Å². The Hall–Kier alpha value is -2.58. The van der Waals surface area contributed by atoms with E-state index in [-0.39, 0.29) is 0 Å². The van der Waals surface area contributed by atoms with Gasteiger partial charge in [0.05, 0.1) is 18.8 Å². The molecule has 0 spiro atoms. The molecule has 0 aliphatic carbocycles. The van der Waals surface area contributed by atoms with Crippen LogP contribution < -0.4 is 0 Å². The molecular weight excluding hydrogens is 374 g/mol. The number of nitrogens with zero attached hydrogens (tertiary/aromatic N) is 5. The third kappa shape index (κ3) is 3.57. The number of rotatable bonds is 5. The van der Waals surface area contributed by atoms with Crippen LogP contribution in [0.1, 0.15) is 42.7 Å². The Morgan fingerprint density at radius 2 is 2.04 bits per heavy atom. The first-order valence-electron chi connectivity index (χ1n) is 9.32. The Morgan fingerprint density at radius 1 is 1.29 bits per heavy atom. The summed E-state index contributed by atoms with van der Waals surface area (Å²) in [6.07, 6.45) is 0. The number of hydrogen-bond acceptors (Lipinski definition) is 6. The van der Waals surface area contributed by atoms with Crippen LogP contribution in [-0.4, -0.2) is 41.8 Å². The zero-order chi connectivity index (χ0) is 19.8. The molecule has 2 aromatic heterocycles. The van der Waals surface area contributed by atoms with Crippen LogP contribution in [0.4, 0.5) is 0 Å². The number of carbonyl (C=O) groups is 1. The quantitative estimate of drug-likeness (QED) is 0.711. The number of aryl methyl sites for hydroxylation is 1. The summed E-state index contributed by atoms with van der Waals surface area (Å²) in [5.74, 6) is 1.22. The van der Waals surface area contributed by atoms with E-state index in [9.17, 15) is 9.90 Å². The average Bonchev–Trinajstić information content (AvgIpc) is 3.28. The van der Waals surface area contributed by atoms with Gasteiger partial charge in [0.25, 0.3) is 0 Å². The molecule has 1 aliphatic rings. The third-order valence-electron chi connectivity index (χ3n) is 5.18. The smallest absolute Gasteiger partial charge is 0.322 e. The Labute approximate surface area is 167 Å². The summed E-state index contributed by atoms with van der Waals surface area (Å²) in [5.41, 5.74) is 3.27. The molecule has 1 aromatic carbocycles. The molecule has 1 unspecified atom stereocenters. The summed E-state index contributed by atoms with van der Waals surface area (Å²) in [7, 11) is 0. The van der Waals surface area contributed by atoms with Crippen molar-refractivity contribution in [1.29, 1.82) is 0 Å². The maximum Gasteiger partial charge on any atom is 0.322 e. The predicted octanol–water partition coefficient (Wildman–Crippen LogP) is 3.30. The molecule has 1 N–H and O–H groups in total. The highest BCUT2D eigenvalue weighted by Gasteiger charge is 2.33. The van der Waals surface area contributed by atoms with Gasteiger partial charge in [-0.25, -0.2) is 4.98 Å². The number of aliphatic carboxylic acids is 1. The molecule has 7 nitrogen and oxygen atoms in total.